The van der Waals surface area contributed by atoms with Crippen LogP contribution in [0.2, 0.25) is 0 Å². The third kappa shape index (κ3) is 6.30. The van der Waals surface area contributed by atoms with Gasteiger partial charge in [0.15, 0.2) is 0 Å². The molecule has 0 spiro atoms. The molecule has 3 rings (SSSR count). The fourth-order valence-electron chi connectivity index (χ4n) is 2.38. The molecular formula is C20H20N2O3S2. The number of benzene rings is 1. The van der Waals surface area contributed by atoms with Crippen molar-refractivity contribution in [2.45, 2.75) is 32.8 Å². The second-order valence-corrected chi connectivity index (χ2v) is 7.84. The van der Waals surface area contributed by atoms with Crippen LogP contribution in [-0.2, 0) is 33.8 Å². The Balaban J connectivity index is 1.41. The molecule has 140 valence electrons. The molecule has 3 aromatic rings. The number of thiazole rings is 1. The van der Waals surface area contributed by atoms with Gasteiger partial charge in [-0.25, -0.2) is 4.98 Å². The Bertz CT molecular complexity index is 886. The highest BCUT2D eigenvalue weighted by Gasteiger charge is 2.10. The summed E-state index contributed by atoms with van der Waals surface area (Å²) in [6, 6.07) is 9.64. The second-order valence-electron chi connectivity index (χ2n) is 6.12. The number of thiophene rings is 1. The van der Waals surface area contributed by atoms with Crippen molar-refractivity contribution in [1.29, 1.82) is 0 Å². The maximum Gasteiger partial charge on any atom is 0.306 e. The van der Waals surface area contributed by atoms with Gasteiger partial charge in [-0.3, -0.25) is 9.59 Å². The van der Waals surface area contributed by atoms with Crippen molar-refractivity contribution in [2.75, 3.05) is 5.32 Å². The molecule has 1 amide bonds. The third-order valence-corrected chi connectivity index (χ3v) is 5.46. The van der Waals surface area contributed by atoms with Crippen LogP contribution in [0.15, 0.2) is 46.5 Å². The summed E-state index contributed by atoms with van der Waals surface area (Å²) in [6.07, 6.45) is 1.24. The van der Waals surface area contributed by atoms with Gasteiger partial charge in [0.25, 0.3) is 0 Å². The van der Waals surface area contributed by atoms with Gasteiger partial charge in [0.2, 0.25) is 5.91 Å². The zero-order chi connectivity index (χ0) is 19.1. The highest BCUT2D eigenvalue weighted by atomic mass is 32.1. The van der Waals surface area contributed by atoms with Gasteiger partial charge in [-0.2, -0.15) is 11.3 Å². The van der Waals surface area contributed by atoms with Crippen molar-refractivity contribution < 1.29 is 14.3 Å². The van der Waals surface area contributed by atoms with E-state index in [2.05, 4.69) is 10.3 Å². The van der Waals surface area contributed by atoms with Gasteiger partial charge in [0, 0.05) is 17.5 Å². The normalized spacial score (nSPS) is 10.6. The van der Waals surface area contributed by atoms with Crippen LogP contribution >= 0.6 is 22.7 Å². The molecule has 0 aliphatic carbocycles. The van der Waals surface area contributed by atoms with Gasteiger partial charge in [-0.05, 0) is 47.9 Å². The lowest BCUT2D eigenvalue weighted by atomic mass is 10.2. The first-order valence-electron chi connectivity index (χ1n) is 8.55. The minimum absolute atomic E-state index is 0.118. The van der Waals surface area contributed by atoms with E-state index in [1.54, 1.807) is 11.3 Å². The molecule has 0 aliphatic rings. The number of anilines is 1. The fourth-order valence-corrected chi connectivity index (χ4v) is 3.86. The Labute approximate surface area is 166 Å². The number of rotatable bonds is 8. The van der Waals surface area contributed by atoms with Crippen LogP contribution in [0.25, 0.3) is 0 Å². The van der Waals surface area contributed by atoms with Crippen LogP contribution in [0.5, 0.6) is 0 Å². The molecule has 2 heterocycles. The quantitative estimate of drug-likeness (QED) is 0.570. The minimum atomic E-state index is -0.243. The molecule has 7 heteroatoms. The molecule has 0 saturated carbocycles. The molecule has 2 aromatic heterocycles. The van der Waals surface area contributed by atoms with Crippen molar-refractivity contribution in [3.63, 3.8) is 0 Å². The van der Waals surface area contributed by atoms with E-state index in [1.165, 1.54) is 11.3 Å². The van der Waals surface area contributed by atoms with E-state index < -0.39 is 0 Å². The summed E-state index contributed by atoms with van der Waals surface area (Å²) in [5.74, 6) is -0.361. The van der Waals surface area contributed by atoms with Crippen LogP contribution in [0.3, 0.4) is 0 Å². The lowest BCUT2D eigenvalue weighted by molar-refractivity contribution is -0.145. The molecule has 0 bridgehead atoms. The molecule has 5 nitrogen and oxygen atoms in total. The van der Waals surface area contributed by atoms with Gasteiger partial charge < -0.3 is 10.1 Å². The topological polar surface area (TPSA) is 68.3 Å². The first-order chi connectivity index (χ1) is 13.1. The molecule has 0 aliphatic heterocycles. The summed E-state index contributed by atoms with van der Waals surface area (Å²) in [5.41, 5.74) is 3.72. The Morgan fingerprint density at radius 1 is 1.15 bits per heavy atom. The summed E-state index contributed by atoms with van der Waals surface area (Å²) < 4.78 is 5.26. The maximum absolute atomic E-state index is 12.1. The summed E-state index contributed by atoms with van der Waals surface area (Å²) in [6.45, 7) is 2.14. The predicted octanol–water partition coefficient (Wildman–Crippen LogP) is 4.37. The molecule has 1 N–H and O–H groups in total. The predicted molar refractivity (Wildman–Crippen MR) is 108 cm³/mol. The SMILES string of the molecule is Cc1ccc(NC(=O)Cc2nc(COC(=O)CCc3ccsc3)cs2)cc1. The van der Waals surface area contributed by atoms with Crippen molar-refractivity contribution in [3.05, 3.63) is 68.3 Å². The second kappa shape index (κ2) is 9.43. The van der Waals surface area contributed by atoms with Crippen molar-refractivity contribution >= 4 is 40.2 Å². The molecule has 27 heavy (non-hydrogen) atoms. The molecule has 0 saturated heterocycles. The summed E-state index contributed by atoms with van der Waals surface area (Å²) >= 11 is 3.01. The molecular weight excluding hydrogens is 380 g/mol. The summed E-state index contributed by atoms with van der Waals surface area (Å²) in [5, 5.41) is 9.39. The first kappa shape index (κ1) is 19.3. The van der Waals surface area contributed by atoms with Gasteiger partial charge in [-0.1, -0.05) is 17.7 Å². The van der Waals surface area contributed by atoms with Crippen LogP contribution in [0.4, 0.5) is 5.69 Å². The van der Waals surface area contributed by atoms with Crippen LogP contribution in [0, 0.1) is 6.92 Å². The van der Waals surface area contributed by atoms with E-state index in [0.29, 0.717) is 23.5 Å². The average molecular weight is 401 g/mol. The zero-order valence-electron chi connectivity index (χ0n) is 14.9. The lowest BCUT2D eigenvalue weighted by Crippen LogP contribution is -2.14. The van der Waals surface area contributed by atoms with E-state index in [0.717, 1.165) is 16.8 Å². The Hall–Kier alpha value is -2.51. The molecule has 0 atom stereocenters. The van der Waals surface area contributed by atoms with E-state index in [4.69, 9.17) is 4.74 Å². The number of ether oxygens (including phenoxy) is 1. The number of aromatic nitrogens is 1. The largest absolute Gasteiger partial charge is 0.459 e. The lowest BCUT2D eigenvalue weighted by Gasteiger charge is -2.04. The standard InChI is InChI=1S/C20H20N2O3S2/c1-14-2-5-16(6-3-14)21-18(23)10-19-22-17(13-27-19)11-25-20(24)7-4-15-8-9-26-12-15/h2-3,5-6,8-9,12-13H,4,7,10-11H2,1H3,(H,21,23). The van der Waals surface area contributed by atoms with E-state index in [-0.39, 0.29) is 24.9 Å². The maximum atomic E-state index is 12.1. The highest BCUT2D eigenvalue weighted by molar-refractivity contribution is 7.09. The Morgan fingerprint density at radius 2 is 1.96 bits per heavy atom. The fraction of sp³-hybridized carbons (Fsp3) is 0.250. The first-order valence-corrected chi connectivity index (χ1v) is 10.4. The number of hydrogen-bond donors (Lipinski definition) is 1. The Kier molecular flexibility index (Phi) is 6.73. The van der Waals surface area contributed by atoms with E-state index in [1.807, 2.05) is 53.4 Å². The van der Waals surface area contributed by atoms with Gasteiger partial charge in [-0.15, -0.1) is 11.3 Å². The number of amides is 1. The number of aryl methyl sites for hydroxylation is 2. The number of carbonyl (C=O) groups is 2. The Morgan fingerprint density at radius 3 is 2.70 bits per heavy atom. The minimum Gasteiger partial charge on any atom is -0.459 e. The molecule has 0 fully saturated rings. The van der Waals surface area contributed by atoms with Gasteiger partial charge in [0.05, 0.1) is 12.1 Å². The van der Waals surface area contributed by atoms with Crippen molar-refractivity contribution in [3.8, 4) is 0 Å². The summed E-state index contributed by atoms with van der Waals surface area (Å²) in [7, 11) is 0. The highest BCUT2D eigenvalue weighted by Crippen LogP contribution is 2.14. The third-order valence-electron chi connectivity index (χ3n) is 3.83. The van der Waals surface area contributed by atoms with Crippen LogP contribution < -0.4 is 5.32 Å². The molecule has 0 radical (unpaired) electrons. The number of hydrogen-bond acceptors (Lipinski definition) is 6. The summed E-state index contributed by atoms with van der Waals surface area (Å²) in [4.78, 5) is 28.3. The van der Waals surface area contributed by atoms with E-state index in [9.17, 15) is 9.59 Å². The van der Waals surface area contributed by atoms with Crippen LogP contribution in [-0.4, -0.2) is 16.9 Å². The number of esters is 1. The van der Waals surface area contributed by atoms with Crippen molar-refractivity contribution in [2.24, 2.45) is 0 Å². The van der Waals surface area contributed by atoms with Crippen molar-refractivity contribution in [1.82, 2.24) is 4.98 Å². The van der Waals surface area contributed by atoms with E-state index >= 15 is 0 Å². The average Bonchev–Trinajstić information content (AvgIpc) is 3.32. The van der Waals surface area contributed by atoms with Gasteiger partial charge in [0.1, 0.15) is 11.6 Å². The molecule has 0 unspecified atom stereocenters. The number of carbonyl (C=O) groups excluding carboxylic acids is 2. The smallest absolute Gasteiger partial charge is 0.306 e. The van der Waals surface area contributed by atoms with Gasteiger partial charge >= 0.3 is 5.97 Å². The zero-order valence-corrected chi connectivity index (χ0v) is 16.6. The number of nitrogens with one attached hydrogen (secondary N) is 1. The van der Waals surface area contributed by atoms with Crippen LogP contribution in [0.1, 0.15) is 28.2 Å². The monoisotopic (exact) mass is 400 g/mol. The number of nitrogens with zero attached hydrogens (tertiary/aromatic N) is 1. The molecule has 1 aromatic carbocycles.